The molecule has 1 heteroatoms. The zero-order valence-electron chi connectivity index (χ0n) is 14.7. The van der Waals surface area contributed by atoms with E-state index >= 15 is 0 Å². The van der Waals surface area contributed by atoms with Crippen LogP contribution in [0.3, 0.4) is 0 Å². The van der Waals surface area contributed by atoms with Crippen molar-refractivity contribution in [2.45, 2.75) is 0 Å². The van der Waals surface area contributed by atoms with Crippen LogP contribution in [0.4, 0.5) is 0 Å². The number of halogens is 1. The highest BCUT2D eigenvalue weighted by Gasteiger charge is 2.10. The molecule has 0 saturated heterocycles. The van der Waals surface area contributed by atoms with Gasteiger partial charge in [-0.1, -0.05) is 96.5 Å². The van der Waals surface area contributed by atoms with Gasteiger partial charge >= 0.3 is 0 Å². The van der Waals surface area contributed by atoms with Gasteiger partial charge in [0, 0.05) is 5.02 Å². The van der Waals surface area contributed by atoms with Gasteiger partial charge in [-0.2, -0.15) is 0 Å². The van der Waals surface area contributed by atoms with E-state index < -0.39 is 0 Å². The van der Waals surface area contributed by atoms with Crippen LogP contribution in [0.1, 0.15) is 0 Å². The van der Waals surface area contributed by atoms with Crippen molar-refractivity contribution in [1.82, 2.24) is 0 Å². The largest absolute Gasteiger partial charge is 0.0843 e. The predicted octanol–water partition coefficient (Wildman–Crippen LogP) is 7.98. The highest BCUT2D eigenvalue weighted by Crippen LogP contribution is 2.36. The summed E-state index contributed by atoms with van der Waals surface area (Å²) in [5.74, 6) is 0. The second-order valence-corrected chi connectivity index (χ2v) is 7.21. The molecule has 0 spiro atoms. The molecule has 0 amide bonds. The summed E-state index contributed by atoms with van der Waals surface area (Å²) < 4.78 is 0. The molecule has 27 heavy (non-hydrogen) atoms. The Hall–Kier alpha value is -3.09. The predicted molar refractivity (Wildman–Crippen MR) is 117 cm³/mol. The van der Waals surface area contributed by atoms with E-state index in [0.717, 1.165) is 10.6 Å². The van der Waals surface area contributed by atoms with Crippen LogP contribution >= 0.6 is 11.6 Å². The summed E-state index contributed by atoms with van der Waals surface area (Å²) >= 11 is 6.33. The first-order valence-corrected chi connectivity index (χ1v) is 9.44. The molecule has 0 aliphatic heterocycles. The van der Waals surface area contributed by atoms with Crippen molar-refractivity contribution in [3.63, 3.8) is 0 Å². The Labute approximate surface area is 163 Å². The van der Waals surface area contributed by atoms with Gasteiger partial charge in [0.1, 0.15) is 0 Å². The van der Waals surface area contributed by atoms with E-state index in [0.29, 0.717) is 0 Å². The normalized spacial score (nSPS) is 11.1. The molecule has 0 atom stereocenters. The molecule has 0 heterocycles. The molecule has 0 N–H and O–H groups in total. The van der Waals surface area contributed by atoms with E-state index in [1.165, 1.54) is 38.2 Å². The topological polar surface area (TPSA) is 0 Å². The number of rotatable bonds is 2. The molecule has 5 aromatic rings. The molecule has 0 saturated carbocycles. The van der Waals surface area contributed by atoms with Gasteiger partial charge in [-0.25, -0.2) is 0 Å². The minimum absolute atomic E-state index is 0.754. The van der Waals surface area contributed by atoms with Gasteiger partial charge in [0.2, 0.25) is 0 Å². The monoisotopic (exact) mass is 364 g/mol. The Kier molecular flexibility index (Phi) is 3.92. The van der Waals surface area contributed by atoms with Gasteiger partial charge in [-0.05, 0) is 62.0 Å². The SMILES string of the molecule is Clc1ccc(-c2ccc3ccc4ccccc4c3c2)c(-c2ccccc2)c1. The number of fused-ring (bicyclic) bond motifs is 3. The van der Waals surface area contributed by atoms with E-state index in [9.17, 15) is 0 Å². The van der Waals surface area contributed by atoms with Crippen molar-refractivity contribution in [3.05, 3.63) is 108 Å². The van der Waals surface area contributed by atoms with E-state index in [-0.39, 0.29) is 0 Å². The third-order valence-corrected chi connectivity index (χ3v) is 5.36. The molecule has 0 fully saturated rings. The third kappa shape index (κ3) is 2.89. The fourth-order valence-electron chi connectivity index (χ4n) is 3.79. The minimum atomic E-state index is 0.754. The van der Waals surface area contributed by atoms with Crippen molar-refractivity contribution < 1.29 is 0 Å². The summed E-state index contributed by atoms with van der Waals surface area (Å²) in [6.07, 6.45) is 0. The van der Waals surface area contributed by atoms with Gasteiger partial charge in [-0.3, -0.25) is 0 Å². The number of hydrogen-bond donors (Lipinski definition) is 0. The molecule has 0 unspecified atom stereocenters. The molecular formula is C26H17Cl. The van der Waals surface area contributed by atoms with Gasteiger partial charge < -0.3 is 0 Å². The molecule has 0 aliphatic rings. The number of benzene rings is 5. The van der Waals surface area contributed by atoms with Crippen molar-refractivity contribution in [3.8, 4) is 22.3 Å². The van der Waals surface area contributed by atoms with E-state index in [1.807, 2.05) is 12.1 Å². The summed E-state index contributed by atoms with van der Waals surface area (Å²) in [6, 6.07) is 36.2. The smallest absolute Gasteiger partial charge is 0.0412 e. The van der Waals surface area contributed by atoms with Gasteiger partial charge in [-0.15, -0.1) is 0 Å². The van der Waals surface area contributed by atoms with E-state index in [4.69, 9.17) is 11.6 Å². The maximum Gasteiger partial charge on any atom is 0.0412 e. The zero-order valence-corrected chi connectivity index (χ0v) is 15.4. The highest BCUT2D eigenvalue weighted by molar-refractivity contribution is 6.31. The second-order valence-electron chi connectivity index (χ2n) is 6.78. The molecule has 0 aromatic heterocycles. The van der Waals surface area contributed by atoms with E-state index in [2.05, 4.69) is 91.0 Å². The lowest BCUT2D eigenvalue weighted by atomic mass is 9.92. The van der Waals surface area contributed by atoms with Crippen LogP contribution in [0.2, 0.25) is 5.02 Å². The first kappa shape index (κ1) is 16.1. The molecule has 0 nitrogen and oxygen atoms in total. The van der Waals surface area contributed by atoms with Crippen molar-refractivity contribution in [2.24, 2.45) is 0 Å². The summed E-state index contributed by atoms with van der Waals surface area (Å²) in [4.78, 5) is 0. The number of hydrogen-bond acceptors (Lipinski definition) is 0. The molecule has 128 valence electrons. The highest BCUT2D eigenvalue weighted by atomic mass is 35.5. The molecular weight excluding hydrogens is 348 g/mol. The Bertz CT molecular complexity index is 1270. The second kappa shape index (κ2) is 6.57. The maximum absolute atomic E-state index is 6.33. The van der Waals surface area contributed by atoms with Crippen LogP contribution < -0.4 is 0 Å². The molecule has 0 bridgehead atoms. The summed E-state index contributed by atoms with van der Waals surface area (Å²) in [5.41, 5.74) is 4.73. The van der Waals surface area contributed by atoms with Crippen LogP contribution in [-0.2, 0) is 0 Å². The Morgan fingerprint density at radius 1 is 0.444 bits per heavy atom. The lowest BCUT2D eigenvalue weighted by Crippen LogP contribution is -1.86. The Morgan fingerprint density at radius 2 is 1.15 bits per heavy atom. The van der Waals surface area contributed by atoms with Crippen LogP contribution in [0, 0.1) is 0 Å². The molecule has 0 radical (unpaired) electrons. The van der Waals surface area contributed by atoms with Crippen molar-refractivity contribution in [1.29, 1.82) is 0 Å². The summed E-state index contributed by atoms with van der Waals surface area (Å²) in [5, 5.41) is 5.84. The minimum Gasteiger partial charge on any atom is -0.0843 e. The van der Waals surface area contributed by atoms with Gasteiger partial charge in [0.25, 0.3) is 0 Å². The van der Waals surface area contributed by atoms with Crippen molar-refractivity contribution in [2.75, 3.05) is 0 Å². The lowest BCUT2D eigenvalue weighted by molar-refractivity contribution is 1.59. The van der Waals surface area contributed by atoms with Gasteiger partial charge in [0.05, 0.1) is 0 Å². The third-order valence-electron chi connectivity index (χ3n) is 5.12. The Balaban J connectivity index is 1.78. The van der Waals surface area contributed by atoms with E-state index in [1.54, 1.807) is 0 Å². The standard InChI is InChI=1S/C26H17Cl/c27-22-14-15-24(26(17-22)18-6-2-1-3-7-18)21-13-12-20-11-10-19-8-4-5-9-23(19)25(20)16-21/h1-17H. The van der Waals surface area contributed by atoms with Crippen LogP contribution in [-0.4, -0.2) is 0 Å². The van der Waals surface area contributed by atoms with Crippen LogP contribution in [0.5, 0.6) is 0 Å². The van der Waals surface area contributed by atoms with Crippen LogP contribution in [0.15, 0.2) is 103 Å². The first-order valence-electron chi connectivity index (χ1n) is 9.06. The average Bonchev–Trinajstić information content (AvgIpc) is 2.74. The zero-order chi connectivity index (χ0) is 18.2. The quantitative estimate of drug-likeness (QED) is 0.278. The average molecular weight is 365 g/mol. The Morgan fingerprint density at radius 3 is 2.00 bits per heavy atom. The summed E-state index contributed by atoms with van der Waals surface area (Å²) in [6.45, 7) is 0. The molecule has 0 aliphatic carbocycles. The summed E-state index contributed by atoms with van der Waals surface area (Å²) in [7, 11) is 0. The molecule has 5 rings (SSSR count). The lowest BCUT2D eigenvalue weighted by Gasteiger charge is -2.13. The van der Waals surface area contributed by atoms with Gasteiger partial charge in [0.15, 0.2) is 0 Å². The maximum atomic E-state index is 6.33. The fourth-order valence-corrected chi connectivity index (χ4v) is 3.97. The fraction of sp³-hybridized carbons (Fsp3) is 0. The van der Waals surface area contributed by atoms with Crippen molar-refractivity contribution >= 4 is 33.1 Å². The first-order chi connectivity index (χ1) is 13.3. The molecule has 5 aromatic carbocycles. The van der Waals surface area contributed by atoms with Crippen LogP contribution in [0.25, 0.3) is 43.8 Å².